The number of carbonyl (C=O) groups excluding carboxylic acids is 2. The third-order valence-electron chi connectivity index (χ3n) is 5.98. The number of aromatic amines is 1. The first kappa shape index (κ1) is 27.5. The van der Waals surface area contributed by atoms with Crippen molar-refractivity contribution in [3.05, 3.63) is 66.5 Å². The zero-order valence-electron chi connectivity index (χ0n) is 20.9. The molecule has 4 rings (SSSR count). The second kappa shape index (κ2) is 12.3. The molecule has 0 fully saturated rings. The summed E-state index contributed by atoms with van der Waals surface area (Å²) < 4.78 is 47.2. The molecule has 3 heterocycles. The predicted octanol–water partition coefficient (Wildman–Crippen LogP) is 3.48. The van der Waals surface area contributed by atoms with Gasteiger partial charge in [-0.25, -0.2) is 18.2 Å². The summed E-state index contributed by atoms with van der Waals surface area (Å²) in [6, 6.07) is 7.94. The largest absolute Gasteiger partial charge is 0.469 e. The molecule has 1 unspecified atom stereocenters. The number of ether oxygens (including phenoxy) is 1. The minimum Gasteiger partial charge on any atom is -0.469 e. The van der Waals surface area contributed by atoms with E-state index in [-0.39, 0.29) is 36.3 Å². The van der Waals surface area contributed by atoms with Crippen LogP contribution < -0.4 is 11.1 Å². The van der Waals surface area contributed by atoms with E-state index in [1.54, 1.807) is 29.1 Å². The number of halogens is 3. The van der Waals surface area contributed by atoms with E-state index in [2.05, 4.69) is 30.3 Å². The Morgan fingerprint density at radius 1 is 1.15 bits per heavy atom. The Morgan fingerprint density at radius 2 is 1.97 bits per heavy atom. The number of alkyl halides is 2. The van der Waals surface area contributed by atoms with Crippen LogP contribution in [0.15, 0.2) is 55.0 Å². The topological polar surface area (TPSA) is 141 Å². The Bertz CT molecular complexity index is 1450. The second-order valence-corrected chi connectivity index (χ2v) is 8.61. The van der Waals surface area contributed by atoms with Gasteiger partial charge in [-0.2, -0.15) is 10.2 Å². The van der Waals surface area contributed by atoms with Crippen molar-refractivity contribution in [3.8, 4) is 33.6 Å². The highest BCUT2D eigenvalue weighted by atomic mass is 19.3. The quantitative estimate of drug-likeness (QED) is 0.247. The number of amides is 1. The fourth-order valence-corrected chi connectivity index (χ4v) is 3.88. The molecule has 1 amide bonds. The molecule has 10 nitrogen and oxygen atoms in total. The number of methoxy groups -OCH3 is 1. The van der Waals surface area contributed by atoms with Crippen LogP contribution in [0.1, 0.15) is 25.0 Å². The maximum atomic E-state index is 14.8. The molecule has 1 aromatic carbocycles. The Hall–Kier alpha value is -4.52. The lowest BCUT2D eigenvalue weighted by Gasteiger charge is -2.11. The van der Waals surface area contributed by atoms with Crippen LogP contribution in [0.5, 0.6) is 0 Å². The van der Waals surface area contributed by atoms with Crippen LogP contribution in [-0.4, -0.2) is 56.5 Å². The number of pyridine rings is 1. The lowest BCUT2D eigenvalue weighted by Crippen LogP contribution is -2.42. The Morgan fingerprint density at radius 3 is 2.74 bits per heavy atom. The normalized spacial score (nSPS) is 11.9. The second-order valence-electron chi connectivity index (χ2n) is 8.61. The molecule has 0 bridgehead atoms. The van der Waals surface area contributed by atoms with Gasteiger partial charge < -0.3 is 15.8 Å². The molecule has 3 aromatic heterocycles. The molecular formula is C26H26F3N7O3. The average molecular weight is 542 g/mol. The molecule has 0 aliphatic carbocycles. The number of nitrogens with two attached hydrogens (primary N) is 1. The van der Waals surface area contributed by atoms with Crippen LogP contribution in [0.4, 0.5) is 13.2 Å². The van der Waals surface area contributed by atoms with Gasteiger partial charge in [0.15, 0.2) is 0 Å². The van der Waals surface area contributed by atoms with Crippen molar-refractivity contribution in [2.24, 2.45) is 5.73 Å². The Labute approximate surface area is 221 Å². The molecule has 0 aliphatic rings. The highest BCUT2D eigenvalue weighted by molar-refractivity contribution is 5.82. The van der Waals surface area contributed by atoms with Crippen LogP contribution in [0.2, 0.25) is 0 Å². The van der Waals surface area contributed by atoms with Gasteiger partial charge >= 0.3 is 5.97 Å². The molecule has 0 aliphatic heterocycles. The number of hydrogen-bond donors (Lipinski definition) is 3. The van der Waals surface area contributed by atoms with Crippen LogP contribution in [0, 0.1) is 5.82 Å². The zero-order chi connectivity index (χ0) is 27.9. The summed E-state index contributed by atoms with van der Waals surface area (Å²) in [5.41, 5.74) is 8.07. The van der Waals surface area contributed by atoms with Gasteiger partial charge in [0.05, 0.1) is 43.5 Å². The number of aromatic nitrogens is 5. The van der Waals surface area contributed by atoms with Gasteiger partial charge in [0.25, 0.3) is 6.43 Å². The minimum atomic E-state index is -2.72. The number of rotatable bonds is 11. The molecule has 0 saturated carbocycles. The van der Waals surface area contributed by atoms with Crippen molar-refractivity contribution >= 4 is 11.9 Å². The SMILES string of the molecule is COC(=O)CCC(N)C(=O)NCCn1cc(-c2cc(-c3cn[nH]c3-c3cccc(C(F)F)n3)ccc2F)cn1. The number of esters is 1. The minimum absolute atomic E-state index is 0.0388. The summed E-state index contributed by atoms with van der Waals surface area (Å²) >= 11 is 0. The lowest BCUT2D eigenvalue weighted by molar-refractivity contribution is -0.140. The summed E-state index contributed by atoms with van der Waals surface area (Å²) in [6.07, 6.45) is 2.13. The van der Waals surface area contributed by atoms with E-state index in [0.717, 1.165) is 0 Å². The lowest BCUT2D eigenvalue weighted by atomic mass is 9.99. The summed E-state index contributed by atoms with van der Waals surface area (Å²) in [7, 11) is 1.26. The van der Waals surface area contributed by atoms with Crippen molar-refractivity contribution < 1.29 is 27.5 Å². The number of nitrogens with zero attached hydrogens (tertiary/aromatic N) is 4. The van der Waals surface area contributed by atoms with E-state index in [4.69, 9.17) is 5.73 Å². The first-order valence-corrected chi connectivity index (χ1v) is 12.0. The smallest absolute Gasteiger partial charge is 0.305 e. The van der Waals surface area contributed by atoms with Gasteiger partial charge in [0, 0.05) is 35.9 Å². The van der Waals surface area contributed by atoms with Gasteiger partial charge in [-0.15, -0.1) is 0 Å². The van der Waals surface area contributed by atoms with E-state index in [1.165, 1.54) is 37.7 Å². The number of benzene rings is 1. The van der Waals surface area contributed by atoms with Crippen molar-refractivity contribution in [2.45, 2.75) is 31.9 Å². The van der Waals surface area contributed by atoms with Crippen molar-refractivity contribution in [1.29, 1.82) is 0 Å². The third kappa shape index (κ3) is 6.68. The number of carbonyl (C=O) groups is 2. The monoisotopic (exact) mass is 541 g/mol. The van der Waals surface area contributed by atoms with E-state index in [0.29, 0.717) is 28.9 Å². The summed E-state index contributed by atoms with van der Waals surface area (Å²) in [5, 5.41) is 13.7. The van der Waals surface area contributed by atoms with Gasteiger partial charge in [-0.1, -0.05) is 12.1 Å². The molecule has 0 saturated heterocycles. The van der Waals surface area contributed by atoms with Gasteiger partial charge in [-0.05, 0) is 36.2 Å². The van der Waals surface area contributed by atoms with Crippen LogP contribution >= 0.6 is 0 Å². The van der Waals surface area contributed by atoms with Crippen molar-refractivity contribution in [3.63, 3.8) is 0 Å². The number of H-pyrrole nitrogens is 1. The summed E-state index contributed by atoms with van der Waals surface area (Å²) in [4.78, 5) is 27.3. The van der Waals surface area contributed by atoms with Crippen LogP contribution in [-0.2, 0) is 20.9 Å². The maximum Gasteiger partial charge on any atom is 0.305 e. The van der Waals surface area contributed by atoms with Gasteiger partial charge in [-0.3, -0.25) is 19.4 Å². The Balaban J connectivity index is 1.45. The first-order chi connectivity index (χ1) is 18.8. The predicted molar refractivity (Wildman–Crippen MR) is 136 cm³/mol. The van der Waals surface area contributed by atoms with E-state index >= 15 is 0 Å². The number of nitrogens with one attached hydrogen (secondary N) is 2. The molecule has 4 N–H and O–H groups in total. The summed E-state index contributed by atoms with van der Waals surface area (Å²) in [5.74, 6) is -1.33. The molecule has 13 heteroatoms. The fraction of sp³-hybridized carbons (Fsp3) is 0.269. The van der Waals surface area contributed by atoms with E-state index in [9.17, 15) is 22.8 Å². The highest BCUT2D eigenvalue weighted by Crippen LogP contribution is 2.33. The Kier molecular flexibility index (Phi) is 8.71. The fourth-order valence-electron chi connectivity index (χ4n) is 3.88. The molecule has 1 atom stereocenters. The van der Waals surface area contributed by atoms with Gasteiger partial charge in [0.1, 0.15) is 11.5 Å². The summed E-state index contributed by atoms with van der Waals surface area (Å²) in [6.45, 7) is 0.520. The first-order valence-electron chi connectivity index (χ1n) is 12.0. The van der Waals surface area contributed by atoms with Crippen LogP contribution in [0.3, 0.4) is 0 Å². The van der Waals surface area contributed by atoms with E-state index in [1.807, 2.05) is 0 Å². The average Bonchev–Trinajstić information content (AvgIpc) is 3.62. The molecule has 0 radical (unpaired) electrons. The standard InChI is InChI=1S/C26H26F3N7O3/c1-39-23(37)8-7-20(30)26(38)31-9-10-36-14-16(12-33-36)17-11-15(5-6-19(17)27)18-13-32-35-24(18)21-3-2-4-22(34-21)25(28)29/h2-6,11-14,20,25H,7-10,30H2,1H3,(H,31,38)(H,32,35). The third-order valence-corrected chi connectivity index (χ3v) is 5.98. The molecule has 204 valence electrons. The highest BCUT2D eigenvalue weighted by Gasteiger charge is 2.18. The van der Waals surface area contributed by atoms with Crippen molar-refractivity contribution in [2.75, 3.05) is 13.7 Å². The van der Waals surface area contributed by atoms with E-state index < -0.39 is 30.2 Å². The van der Waals surface area contributed by atoms with Crippen molar-refractivity contribution in [1.82, 2.24) is 30.3 Å². The molecule has 4 aromatic rings. The van der Waals surface area contributed by atoms with Crippen LogP contribution in [0.25, 0.3) is 33.6 Å². The molecule has 39 heavy (non-hydrogen) atoms. The zero-order valence-corrected chi connectivity index (χ0v) is 20.9. The molecular weight excluding hydrogens is 515 g/mol. The number of hydrogen-bond acceptors (Lipinski definition) is 7. The maximum absolute atomic E-state index is 14.8. The molecule has 0 spiro atoms. The van der Waals surface area contributed by atoms with Gasteiger partial charge in [0.2, 0.25) is 5.91 Å².